The van der Waals surface area contributed by atoms with Gasteiger partial charge in [0.05, 0.1) is 4.88 Å². The highest BCUT2D eigenvalue weighted by atomic mass is 32.1. The maximum Gasteiger partial charge on any atom is 0.220 e. The van der Waals surface area contributed by atoms with E-state index in [9.17, 15) is 9.59 Å². The van der Waals surface area contributed by atoms with E-state index >= 15 is 0 Å². The molecule has 0 spiro atoms. The highest BCUT2D eigenvalue weighted by molar-refractivity contribution is 7.12. The molecule has 0 radical (unpaired) electrons. The molecule has 0 saturated heterocycles. The van der Waals surface area contributed by atoms with E-state index in [2.05, 4.69) is 19.2 Å². The third kappa shape index (κ3) is 5.98. The Labute approximate surface area is 118 Å². The van der Waals surface area contributed by atoms with Crippen molar-refractivity contribution >= 4 is 23.0 Å². The van der Waals surface area contributed by atoms with Crippen molar-refractivity contribution in [2.45, 2.75) is 39.2 Å². The molecular formula is C14H22N2O2S. The zero-order chi connectivity index (χ0) is 14.3. The topological polar surface area (TPSA) is 72.2 Å². The zero-order valence-electron chi connectivity index (χ0n) is 11.5. The Morgan fingerprint density at radius 1 is 1.37 bits per heavy atom. The number of ketones is 1. The maximum absolute atomic E-state index is 11.8. The number of carbonyl (C=O) groups is 2. The fraction of sp³-hybridized carbons (Fsp3) is 0.571. The van der Waals surface area contributed by atoms with E-state index in [4.69, 9.17) is 5.73 Å². The predicted octanol–water partition coefficient (Wildman–Crippen LogP) is 2.20. The van der Waals surface area contributed by atoms with Crippen LogP contribution >= 0.6 is 11.3 Å². The van der Waals surface area contributed by atoms with Crippen LogP contribution in [0.5, 0.6) is 0 Å². The Balaban J connectivity index is 2.32. The predicted molar refractivity (Wildman–Crippen MR) is 78.3 cm³/mol. The molecule has 0 aliphatic rings. The van der Waals surface area contributed by atoms with Gasteiger partial charge in [0.25, 0.3) is 0 Å². The van der Waals surface area contributed by atoms with Crippen LogP contribution in [-0.4, -0.2) is 24.3 Å². The first-order valence-corrected chi connectivity index (χ1v) is 7.47. The molecule has 1 unspecified atom stereocenters. The van der Waals surface area contributed by atoms with Gasteiger partial charge in [-0.25, -0.2) is 0 Å². The molecule has 5 heteroatoms. The first kappa shape index (κ1) is 15.9. The lowest BCUT2D eigenvalue weighted by atomic mass is 10.0. The number of hydrogen-bond acceptors (Lipinski definition) is 4. The summed E-state index contributed by atoms with van der Waals surface area (Å²) in [5.74, 6) is 0.418. The van der Waals surface area contributed by atoms with Gasteiger partial charge in [-0.3, -0.25) is 9.59 Å². The zero-order valence-corrected chi connectivity index (χ0v) is 12.3. The maximum atomic E-state index is 11.8. The number of amides is 1. The van der Waals surface area contributed by atoms with Crippen molar-refractivity contribution in [2.24, 2.45) is 11.7 Å². The standard InChI is InChI=1S/C14H22N2O2S/c1-10(2)8-11(9-15)16-14(18)6-5-12(17)13-4-3-7-19-13/h3-4,7,10-11H,5-6,8-9,15H2,1-2H3,(H,16,18). The second kappa shape index (κ2) is 8.07. The van der Waals surface area contributed by atoms with Crippen LogP contribution in [0.25, 0.3) is 0 Å². The minimum atomic E-state index is -0.0963. The summed E-state index contributed by atoms with van der Waals surface area (Å²) in [5.41, 5.74) is 5.62. The van der Waals surface area contributed by atoms with Crippen molar-refractivity contribution in [2.75, 3.05) is 6.54 Å². The molecular weight excluding hydrogens is 260 g/mol. The smallest absolute Gasteiger partial charge is 0.220 e. The van der Waals surface area contributed by atoms with Crippen molar-refractivity contribution in [3.05, 3.63) is 22.4 Å². The lowest BCUT2D eigenvalue weighted by Crippen LogP contribution is -2.41. The summed E-state index contributed by atoms with van der Waals surface area (Å²) in [7, 11) is 0. The molecule has 0 aliphatic carbocycles. The molecule has 1 heterocycles. The van der Waals surface area contributed by atoms with Gasteiger partial charge in [0.2, 0.25) is 5.91 Å². The van der Waals surface area contributed by atoms with Gasteiger partial charge in [-0.2, -0.15) is 0 Å². The van der Waals surface area contributed by atoms with Gasteiger partial charge in [0, 0.05) is 25.4 Å². The number of rotatable bonds is 8. The van der Waals surface area contributed by atoms with Gasteiger partial charge >= 0.3 is 0 Å². The average molecular weight is 282 g/mol. The summed E-state index contributed by atoms with van der Waals surface area (Å²) in [6.07, 6.45) is 1.34. The average Bonchev–Trinajstić information content (AvgIpc) is 2.88. The third-order valence-electron chi connectivity index (χ3n) is 2.78. The van der Waals surface area contributed by atoms with E-state index in [1.807, 2.05) is 11.4 Å². The Hall–Kier alpha value is -1.20. The molecule has 3 N–H and O–H groups in total. The summed E-state index contributed by atoms with van der Waals surface area (Å²) >= 11 is 1.41. The molecule has 1 amide bonds. The molecule has 0 aromatic carbocycles. The minimum absolute atomic E-state index is 0.00402. The summed E-state index contributed by atoms with van der Waals surface area (Å²) in [5, 5.41) is 4.75. The van der Waals surface area contributed by atoms with Crippen molar-refractivity contribution in [1.82, 2.24) is 5.32 Å². The van der Waals surface area contributed by atoms with Crippen molar-refractivity contribution in [1.29, 1.82) is 0 Å². The largest absolute Gasteiger partial charge is 0.352 e. The lowest BCUT2D eigenvalue weighted by Gasteiger charge is -2.18. The van der Waals surface area contributed by atoms with Crippen LogP contribution in [0, 0.1) is 5.92 Å². The van der Waals surface area contributed by atoms with Crippen LogP contribution in [0.1, 0.15) is 42.8 Å². The number of nitrogens with one attached hydrogen (secondary N) is 1. The highest BCUT2D eigenvalue weighted by Crippen LogP contribution is 2.12. The van der Waals surface area contributed by atoms with Gasteiger partial charge in [0.15, 0.2) is 5.78 Å². The molecule has 1 aromatic rings. The Bertz CT molecular complexity index is 402. The second-order valence-corrected chi connectivity index (χ2v) is 5.98. The Kier molecular flexibility index (Phi) is 6.73. The van der Waals surface area contributed by atoms with E-state index in [0.717, 1.165) is 6.42 Å². The molecule has 19 heavy (non-hydrogen) atoms. The lowest BCUT2D eigenvalue weighted by molar-refractivity contribution is -0.121. The van der Waals surface area contributed by atoms with E-state index in [1.54, 1.807) is 6.07 Å². The van der Waals surface area contributed by atoms with E-state index < -0.39 is 0 Å². The van der Waals surface area contributed by atoms with Crippen LogP contribution < -0.4 is 11.1 Å². The van der Waals surface area contributed by atoms with Crippen LogP contribution in [0.2, 0.25) is 0 Å². The molecule has 0 saturated carbocycles. The molecule has 1 rings (SSSR count). The minimum Gasteiger partial charge on any atom is -0.352 e. The summed E-state index contributed by atoms with van der Waals surface area (Å²) in [6, 6.07) is 3.63. The van der Waals surface area contributed by atoms with Crippen LogP contribution in [0.4, 0.5) is 0 Å². The van der Waals surface area contributed by atoms with Crippen molar-refractivity contribution in [3.8, 4) is 0 Å². The fourth-order valence-electron chi connectivity index (χ4n) is 1.87. The number of nitrogens with two attached hydrogens (primary N) is 1. The molecule has 106 valence electrons. The molecule has 1 aromatic heterocycles. The van der Waals surface area contributed by atoms with Gasteiger partial charge in [-0.05, 0) is 23.8 Å². The summed E-state index contributed by atoms with van der Waals surface area (Å²) < 4.78 is 0. The van der Waals surface area contributed by atoms with Gasteiger partial charge < -0.3 is 11.1 Å². The SMILES string of the molecule is CC(C)CC(CN)NC(=O)CCC(=O)c1cccs1. The number of thiophene rings is 1. The Morgan fingerprint density at radius 3 is 2.63 bits per heavy atom. The number of hydrogen-bond donors (Lipinski definition) is 2. The quantitative estimate of drug-likeness (QED) is 0.718. The Morgan fingerprint density at radius 2 is 2.11 bits per heavy atom. The van der Waals surface area contributed by atoms with E-state index in [1.165, 1.54) is 11.3 Å². The van der Waals surface area contributed by atoms with Gasteiger partial charge in [0.1, 0.15) is 0 Å². The second-order valence-electron chi connectivity index (χ2n) is 5.03. The fourth-order valence-corrected chi connectivity index (χ4v) is 2.56. The molecule has 0 fully saturated rings. The normalized spacial score (nSPS) is 12.4. The molecule has 0 aliphatic heterocycles. The van der Waals surface area contributed by atoms with E-state index in [0.29, 0.717) is 17.3 Å². The summed E-state index contributed by atoms with van der Waals surface area (Å²) in [6.45, 7) is 4.62. The van der Waals surface area contributed by atoms with Crippen LogP contribution in [0.3, 0.4) is 0 Å². The third-order valence-corrected chi connectivity index (χ3v) is 3.69. The first-order chi connectivity index (χ1) is 9.02. The van der Waals surface area contributed by atoms with Crippen molar-refractivity contribution in [3.63, 3.8) is 0 Å². The van der Waals surface area contributed by atoms with E-state index in [-0.39, 0.29) is 30.6 Å². The van der Waals surface area contributed by atoms with Crippen LogP contribution in [0.15, 0.2) is 17.5 Å². The molecule has 4 nitrogen and oxygen atoms in total. The van der Waals surface area contributed by atoms with Gasteiger partial charge in [-0.15, -0.1) is 11.3 Å². The summed E-state index contributed by atoms with van der Waals surface area (Å²) in [4.78, 5) is 24.2. The van der Waals surface area contributed by atoms with Crippen molar-refractivity contribution < 1.29 is 9.59 Å². The first-order valence-electron chi connectivity index (χ1n) is 6.59. The van der Waals surface area contributed by atoms with Gasteiger partial charge in [-0.1, -0.05) is 19.9 Å². The monoisotopic (exact) mass is 282 g/mol. The number of carbonyl (C=O) groups excluding carboxylic acids is 2. The number of Topliss-reactive ketones (excluding diaryl/α,β-unsaturated/α-hetero) is 1. The van der Waals surface area contributed by atoms with Crippen LogP contribution in [-0.2, 0) is 4.79 Å². The molecule has 0 bridgehead atoms. The highest BCUT2D eigenvalue weighted by Gasteiger charge is 2.14. The molecule has 1 atom stereocenters.